The lowest BCUT2D eigenvalue weighted by atomic mass is 10.1. The van der Waals surface area contributed by atoms with Crippen molar-refractivity contribution in [2.75, 3.05) is 42.6 Å². The second-order valence-electron chi connectivity index (χ2n) is 7.41. The Morgan fingerprint density at radius 2 is 1.79 bits per heavy atom. The van der Waals surface area contributed by atoms with Crippen molar-refractivity contribution in [3.8, 4) is 0 Å². The minimum atomic E-state index is -3.18. The first kappa shape index (κ1) is 21.1. The SMILES string of the molecule is CN(C)CCc1ccc(NC(=O)/C=C/c2ccc(N3CCCS3(=O)=O)cc2)cc1. The van der Waals surface area contributed by atoms with Gasteiger partial charge in [-0.15, -0.1) is 0 Å². The molecule has 7 heteroatoms. The Morgan fingerprint density at radius 3 is 2.38 bits per heavy atom. The van der Waals surface area contributed by atoms with Gasteiger partial charge in [-0.1, -0.05) is 24.3 Å². The summed E-state index contributed by atoms with van der Waals surface area (Å²) in [5.74, 6) is -0.0110. The minimum absolute atomic E-state index is 0.200. The predicted octanol–water partition coefficient (Wildman–Crippen LogP) is 2.98. The quantitative estimate of drug-likeness (QED) is 0.709. The molecule has 2 aromatic carbocycles. The summed E-state index contributed by atoms with van der Waals surface area (Å²) < 4.78 is 25.4. The van der Waals surface area contributed by atoms with Crippen molar-refractivity contribution in [1.82, 2.24) is 4.90 Å². The van der Waals surface area contributed by atoms with E-state index in [2.05, 4.69) is 10.2 Å². The number of rotatable bonds is 7. The molecule has 0 unspecified atom stereocenters. The maximum atomic E-state index is 12.2. The van der Waals surface area contributed by atoms with E-state index in [0.29, 0.717) is 18.7 Å². The number of hydrogen-bond donors (Lipinski definition) is 1. The first-order valence-corrected chi connectivity index (χ1v) is 11.3. The smallest absolute Gasteiger partial charge is 0.248 e. The van der Waals surface area contributed by atoms with Crippen molar-refractivity contribution in [1.29, 1.82) is 0 Å². The van der Waals surface area contributed by atoms with E-state index in [1.54, 1.807) is 18.2 Å². The van der Waals surface area contributed by atoms with Gasteiger partial charge in [0.25, 0.3) is 0 Å². The molecule has 1 aliphatic rings. The summed E-state index contributed by atoms with van der Waals surface area (Å²) in [6.07, 6.45) is 4.81. The van der Waals surface area contributed by atoms with E-state index in [4.69, 9.17) is 0 Å². The third kappa shape index (κ3) is 5.92. The van der Waals surface area contributed by atoms with Gasteiger partial charge in [-0.25, -0.2) is 8.42 Å². The Kier molecular flexibility index (Phi) is 6.71. The number of anilines is 2. The van der Waals surface area contributed by atoms with E-state index < -0.39 is 10.0 Å². The number of likely N-dealkylation sites (N-methyl/N-ethyl adjacent to an activating group) is 1. The first-order chi connectivity index (χ1) is 13.8. The molecule has 0 saturated carbocycles. The Bertz CT molecular complexity index is 965. The summed E-state index contributed by atoms with van der Waals surface area (Å²) in [7, 11) is 0.913. The minimum Gasteiger partial charge on any atom is -0.323 e. The summed E-state index contributed by atoms with van der Waals surface area (Å²) in [6, 6.07) is 15.0. The van der Waals surface area contributed by atoms with Gasteiger partial charge in [0.1, 0.15) is 0 Å². The molecule has 0 aliphatic carbocycles. The van der Waals surface area contributed by atoms with E-state index in [1.165, 1.54) is 15.9 Å². The van der Waals surface area contributed by atoms with Gasteiger partial charge in [0.15, 0.2) is 0 Å². The first-order valence-electron chi connectivity index (χ1n) is 9.67. The topological polar surface area (TPSA) is 69.7 Å². The molecule has 6 nitrogen and oxygen atoms in total. The molecular weight excluding hydrogens is 386 g/mol. The molecule has 1 aliphatic heterocycles. The number of nitrogens with zero attached hydrogens (tertiary/aromatic N) is 2. The van der Waals surface area contributed by atoms with Crippen LogP contribution >= 0.6 is 0 Å². The van der Waals surface area contributed by atoms with Crippen LogP contribution in [0.3, 0.4) is 0 Å². The van der Waals surface area contributed by atoms with Gasteiger partial charge in [0.05, 0.1) is 11.4 Å². The molecule has 0 radical (unpaired) electrons. The molecular formula is C22H27N3O3S. The van der Waals surface area contributed by atoms with Crippen molar-refractivity contribution in [2.45, 2.75) is 12.8 Å². The predicted molar refractivity (Wildman–Crippen MR) is 119 cm³/mol. The molecule has 1 heterocycles. The van der Waals surface area contributed by atoms with Crippen LogP contribution in [0.2, 0.25) is 0 Å². The lowest BCUT2D eigenvalue weighted by Crippen LogP contribution is -2.24. The number of benzene rings is 2. The average molecular weight is 414 g/mol. The van der Waals surface area contributed by atoms with E-state index in [0.717, 1.165) is 24.2 Å². The van der Waals surface area contributed by atoms with E-state index in [-0.39, 0.29) is 11.7 Å². The second kappa shape index (κ2) is 9.24. The van der Waals surface area contributed by atoms with Gasteiger partial charge in [-0.2, -0.15) is 0 Å². The normalized spacial score (nSPS) is 15.9. The molecule has 29 heavy (non-hydrogen) atoms. The molecule has 1 N–H and O–H groups in total. The number of carbonyl (C=O) groups excluding carboxylic acids is 1. The number of nitrogens with one attached hydrogen (secondary N) is 1. The van der Waals surface area contributed by atoms with Crippen molar-refractivity contribution in [2.24, 2.45) is 0 Å². The van der Waals surface area contributed by atoms with Crippen LogP contribution in [-0.2, 0) is 21.2 Å². The molecule has 2 aromatic rings. The number of carbonyl (C=O) groups is 1. The van der Waals surface area contributed by atoms with Gasteiger partial charge in [0.2, 0.25) is 15.9 Å². The zero-order valence-electron chi connectivity index (χ0n) is 16.8. The zero-order chi connectivity index (χ0) is 20.9. The van der Waals surface area contributed by atoms with Crippen LogP contribution in [-0.4, -0.2) is 52.2 Å². The Hall–Kier alpha value is -2.64. The van der Waals surface area contributed by atoms with Crippen LogP contribution in [0.15, 0.2) is 54.6 Å². The summed E-state index contributed by atoms with van der Waals surface area (Å²) in [6.45, 7) is 1.50. The highest BCUT2D eigenvalue weighted by molar-refractivity contribution is 7.93. The number of amides is 1. The molecule has 154 valence electrons. The van der Waals surface area contributed by atoms with Gasteiger partial charge in [-0.3, -0.25) is 9.10 Å². The molecule has 0 aromatic heterocycles. The molecule has 0 atom stereocenters. The molecule has 1 saturated heterocycles. The summed E-state index contributed by atoms with van der Waals surface area (Å²) >= 11 is 0. The lowest BCUT2D eigenvalue weighted by Gasteiger charge is -2.16. The lowest BCUT2D eigenvalue weighted by molar-refractivity contribution is -0.111. The molecule has 3 rings (SSSR count). The molecule has 0 bridgehead atoms. The highest BCUT2D eigenvalue weighted by Gasteiger charge is 2.28. The standard InChI is InChI=1S/C22H27N3O3S/c1-24(2)16-14-19-4-9-20(10-5-19)23-22(26)13-8-18-6-11-21(12-7-18)25-15-3-17-29(25,27)28/h4-13H,3,14-17H2,1-2H3,(H,23,26)/b13-8+. The van der Waals surface area contributed by atoms with Crippen molar-refractivity contribution >= 4 is 33.4 Å². The van der Waals surface area contributed by atoms with Crippen molar-refractivity contribution in [3.05, 3.63) is 65.7 Å². The Morgan fingerprint density at radius 1 is 1.10 bits per heavy atom. The maximum absolute atomic E-state index is 12.2. The average Bonchev–Trinajstić information content (AvgIpc) is 3.05. The third-order valence-electron chi connectivity index (χ3n) is 4.78. The highest BCUT2D eigenvalue weighted by Crippen LogP contribution is 2.24. The fourth-order valence-corrected chi connectivity index (χ4v) is 4.71. The van der Waals surface area contributed by atoms with Crippen molar-refractivity contribution < 1.29 is 13.2 Å². The number of hydrogen-bond acceptors (Lipinski definition) is 4. The van der Waals surface area contributed by atoms with Crippen LogP contribution in [0.1, 0.15) is 17.5 Å². The molecule has 1 fully saturated rings. The van der Waals surface area contributed by atoms with Gasteiger partial charge in [0, 0.05) is 24.9 Å². The summed E-state index contributed by atoms with van der Waals surface area (Å²) in [5.41, 5.74) is 3.48. The third-order valence-corrected chi connectivity index (χ3v) is 6.65. The van der Waals surface area contributed by atoms with Crippen LogP contribution < -0.4 is 9.62 Å². The largest absolute Gasteiger partial charge is 0.323 e. The van der Waals surface area contributed by atoms with Crippen LogP contribution in [0.4, 0.5) is 11.4 Å². The van der Waals surface area contributed by atoms with E-state index in [9.17, 15) is 13.2 Å². The monoisotopic (exact) mass is 413 g/mol. The number of sulfonamides is 1. The van der Waals surface area contributed by atoms with Crippen LogP contribution in [0, 0.1) is 0 Å². The van der Waals surface area contributed by atoms with Gasteiger partial charge >= 0.3 is 0 Å². The van der Waals surface area contributed by atoms with Gasteiger partial charge in [-0.05, 0) is 68.4 Å². The molecule has 0 spiro atoms. The van der Waals surface area contributed by atoms with Crippen molar-refractivity contribution in [3.63, 3.8) is 0 Å². The fourth-order valence-electron chi connectivity index (χ4n) is 3.14. The molecule has 1 amide bonds. The van der Waals surface area contributed by atoms with E-state index >= 15 is 0 Å². The maximum Gasteiger partial charge on any atom is 0.248 e. The highest BCUT2D eigenvalue weighted by atomic mass is 32.2. The summed E-state index contributed by atoms with van der Waals surface area (Å²) in [5, 5.41) is 2.85. The van der Waals surface area contributed by atoms with Crippen LogP contribution in [0.5, 0.6) is 0 Å². The van der Waals surface area contributed by atoms with Gasteiger partial charge < -0.3 is 10.2 Å². The Balaban J connectivity index is 1.55. The zero-order valence-corrected chi connectivity index (χ0v) is 17.7. The van der Waals surface area contributed by atoms with Crippen LogP contribution in [0.25, 0.3) is 6.08 Å². The summed E-state index contributed by atoms with van der Waals surface area (Å²) in [4.78, 5) is 14.3. The Labute approximate surface area is 172 Å². The van der Waals surface area contributed by atoms with E-state index in [1.807, 2.05) is 50.5 Å². The fraction of sp³-hybridized carbons (Fsp3) is 0.318. The second-order valence-corrected chi connectivity index (χ2v) is 9.42.